The quantitative estimate of drug-likeness (QED) is 0.754. The summed E-state index contributed by atoms with van der Waals surface area (Å²) in [5.74, 6) is -0.658. The normalized spacial score (nSPS) is 24.1. The summed E-state index contributed by atoms with van der Waals surface area (Å²) in [5, 5.41) is 9.50. The average Bonchev–Trinajstić information content (AvgIpc) is 3.51. The molecule has 3 N–H and O–H groups in total. The van der Waals surface area contributed by atoms with Crippen molar-refractivity contribution in [2.45, 2.75) is 45.7 Å². The van der Waals surface area contributed by atoms with Gasteiger partial charge < -0.3 is 25.0 Å². The predicted octanol–water partition coefficient (Wildman–Crippen LogP) is 3.24. The minimum absolute atomic E-state index is 0.0271. The van der Waals surface area contributed by atoms with Crippen molar-refractivity contribution < 1.29 is 19.0 Å². The van der Waals surface area contributed by atoms with Gasteiger partial charge >= 0.3 is 5.97 Å². The summed E-state index contributed by atoms with van der Waals surface area (Å²) in [6.45, 7) is 7.54. The third-order valence-corrected chi connectivity index (χ3v) is 6.75. The van der Waals surface area contributed by atoms with Crippen molar-refractivity contribution in [2.24, 2.45) is 23.5 Å². The van der Waals surface area contributed by atoms with Crippen LogP contribution in [0.3, 0.4) is 0 Å². The minimum Gasteiger partial charge on any atom is -0.492 e. The van der Waals surface area contributed by atoms with Crippen LogP contribution in [0, 0.1) is 23.6 Å². The highest BCUT2D eigenvalue weighted by molar-refractivity contribution is 5.97. The summed E-state index contributed by atoms with van der Waals surface area (Å²) in [6, 6.07) is 1.11. The van der Waals surface area contributed by atoms with E-state index in [9.17, 15) is 14.7 Å². The molecule has 1 aromatic heterocycles. The number of aromatic carboxylic acids is 1. The van der Waals surface area contributed by atoms with Gasteiger partial charge in [-0.25, -0.2) is 9.18 Å². The molecule has 31 heavy (non-hydrogen) atoms. The summed E-state index contributed by atoms with van der Waals surface area (Å²) < 4.78 is 22.9. The fourth-order valence-corrected chi connectivity index (χ4v) is 5.40. The second-order valence-corrected chi connectivity index (χ2v) is 9.32. The molecule has 2 aromatic rings. The molecule has 0 unspecified atom stereocenters. The molecule has 8 heteroatoms. The summed E-state index contributed by atoms with van der Waals surface area (Å²) in [4.78, 5) is 26.4. The van der Waals surface area contributed by atoms with E-state index in [1.54, 1.807) is 4.57 Å². The van der Waals surface area contributed by atoms with Crippen LogP contribution in [0.2, 0.25) is 0 Å². The molecule has 168 valence electrons. The third kappa shape index (κ3) is 3.56. The van der Waals surface area contributed by atoms with E-state index in [0.29, 0.717) is 30.4 Å². The zero-order valence-corrected chi connectivity index (χ0v) is 18.4. The summed E-state index contributed by atoms with van der Waals surface area (Å²) in [6.07, 6.45) is 3.11. The van der Waals surface area contributed by atoms with Crippen molar-refractivity contribution in [1.29, 1.82) is 0 Å². The van der Waals surface area contributed by atoms with Gasteiger partial charge in [0.1, 0.15) is 11.3 Å². The first-order valence-corrected chi connectivity index (χ1v) is 10.8. The number of carboxylic acids is 1. The molecule has 1 aromatic carbocycles. The van der Waals surface area contributed by atoms with Crippen LogP contribution < -0.4 is 20.8 Å². The van der Waals surface area contributed by atoms with Crippen LogP contribution in [0.5, 0.6) is 5.75 Å². The van der Waals surface area contributed by atoms with Crippen LogP contribution in [0.25, 0.3) is 10.9 Å². The molecule has 2 heterocycles. The third-order valence-electron chi connectivity index (χ3n) is 6.75. The highest BCUT2D eigenvalue weighted by Gasteiger charge is 2.37. The first kappa shape index (κ1) is 21.6. The monoisotopic (exact) mass is 431 g/mol. The number of methoxy groups -OCH3 is 1. The highest BCUT2D eigenvalue weighted by Crippen LogP contribution is 2.45. The van der Waals surface area contributed by atoms with E-state index in [1.807, 2.05) is 4.90 Å². The number of piperidine rings is 1. The molecular weight excluding hydrogens is 401 g/mol. The smallest absolute Gasteiger partial charge is 0.341 e. The van der Waals surface area contributed by atoms with Gasteiger partial charge in [-0.05, 0) is 36.7 Å². The number of anilines is 1. The Balaban J connectivity index is 1.93. The molecule has 0 amide bonds. The number of benzene rings is 1. The van der Waals surface area contributed by atoms with Gasteiger partial charge in [0.15, 0.2) is 11.6 Å². The van der Waals surface area contributed by atoms with Gasteiger partial charge in [-0.2, -0.15) is 0 Å². The first-order valence-electron chi connectivity index (χ1n) is 10.8. The zero-order valence-electron chi connectivity index (χ0n) is 18.4. The number of rotatable bonds is 5. The van der Waals surface area contributed by atoms with E-state index in [0.717, 1.165) is 18.9 Å². The molecule has 0 bridgehead atoms. The van der Waals surface area contributed by atoms with Crippen LogP contribution in [-0.4, -0.2) is 41.9 Å². The highest BCUT2D eigenvalue weighted by atomic mass is 19.1. The predicted molar refractivity (Wildman–Crippen MR) is 118 cm³/mol. The Morgan fingerprint density at radius 2 is 2.00 bits per heavy atom. The Morgan fingerprint density at radius 3 is 2.52 bits per heavy atom. The summed E-state index contributed by atoms with van der Waals surface area (Å²) in [5.41, 5.74) is 6.17. The molecule has 2 aliphatic rings. The van der Waals surface area contributed by atoms with Gasteiger partial charge in [0.05, 0.1) is 18.0 Å². The Hall–Kier alpha value is -2.61. The van der Waals surface area contributed by atoms with E-state index in [4.69, 9.17) is 10.5 Å². The van der Waals surface area contributed by atoms with Crippen LogP contribution in [-0.2, 0) is 0 Å². The number of fused-ring (bicyclic) bond motifs is 1. The zero-order chi connectivity index (χ0) is 22.6. The molecule has 0 spiro atoms. The molecule has 3 atom stereocenters. The topological polar surface area (TPSA) is 97.8 Å². The van der Waals surface area contributed by atoms with Crippen LogP contribution >= 0.6 is 0 Å². The lowest BCUT2D eigenvalue weighted by Gasteiger charge is -2.44. The summed E-state index contributed by atoms with van der Waals surface area (Å²) >= 11 is 0. The Bertz CT molecular complexity index is 1080. The van der Waals surface area contributed by atoms with Gasteiger partial charge in [0.2, 0.25) is 5.43 Å². The van der Waals surface area contributed by atoms with Crippen LogP contribution in [0.15, 0.2) is 17.1 Å². The van der Waals surface area contributed by atoms with Crippen molar-refractivity contribution in [3.05, 3.63) is 33.9 Å². The lowest BCUT2D eigenvalue weighted by atomic mass is 9.76. The number of aromatic nitrogens is 1. The van der Waals surface area contributed by atoms with Crippen molar-refractivity contribution >= 4 is 22.6 Å². The fourth-order valence-electron chi connectivity index (χ4n) is 5.40. The fraction of sp³-hybridized carbons (Fsp3) is 0.565. The molecule has 1 aliphatic carbocycles. The van der Waals surface area contributed by atoms with E-state index >= 15 is 4.39 Å². The number of carboxylic acid groups (broad SMARTS) is 1. The van der Waals surface area contributed by atoms with E-state index in [-0.39, 0.29) is 40.4 Å². The number of hydrogen-bond acceptors (Lipinski definition) is 5. The van der Waals surface area contributed by atoms with E-state index in [2.05, 4.69) is 20.8 Å². The van der Waals surface area contributed by atoms with E-state index < -0.39 is 17.2 Å². The largest absolute Gasteiger partial charge is 0.492 e. The maximum absolute atomic E-state index is 15.5. The molecule has 4 rings (SSSR count). The van der Waals surface area contributed by atoms with Crippen molar-refractivity contribution in [2.75, 3.05) is 25.1 Å². The molecule has 2 fully saturated rings. The summed E-state index contributed by atoms with van der Waals surface area (Å²) in [7, 11) is 1.45. The lowest BCUT2D eigenvalue weighted by Crippen LogP contribution is -2.54. The number of hydrogen-bond donors (Lipinski definition) is 2. The van der Waals surface area contributed by atoms with Crippen molar-refractivity contribution in [3.8, 4) is 5.75 Å². The second kappa shape index (κ2) is 7.82. The molecule has 1 saturated carbocycles. The van der Waals surface area contributed by atoms with E-state index in [1.165, 1.54) is 13.3 Å². The van der Waals surface area contributed by atoms with Gasteiger partial charge in [0, 0.05) is 31.4 Å². The maximum atomic E-state index is 15.5. The second-order valence-electron chi connectivity index (χ2n) is 9.32. The van der Waals surface area contributed by atoms with Crippen molar-refractivity contribution in [3.63, 3.8) is 0 Å². The van der Waals surface area contributed by atoms with Crippen molar-refractivity contribution in [1.82, 2.24) is 4.57 Å². The van der Waals surface area contributed by atoms with Crippen LogP contribution in [0.4, 0.5) is 10.1 Å². The number of ether oxygens (including phenoxy) is 1. The Labute approximate surface area is 180 Å². The number of halogens is 1. The maximum Gasteiger partial charge on any atom is 0.341 e. The Kier molecular flexibility index (Phi) is 5.45. The standard InChI is InChI=1S/C23H30FN3O4/c1-11(2)18-12(3)8-26(10-17(18)25)20-16(24)7-14-19(22(20)31-4)27(13-5-6-13)9-15(21(14)28)23(29)30/h7,9,11-13,17-18H,5-6,8,10,25H2,1-4H3,(H,29,30)/t12-,17+,18-/m0/s1. The van der Waals surface area contributed by atoms with Gasteiger partial charge in [-0.1, -0.05) is 20.8 Å². The molecule has 1 aliphatic heterocycles. The van der Waals surface area contributed by atoms with Gasteiger partial charge in [0.25, 0.3) is 0 Å². The van der Waals surface area contributed by atoms with Crippen LogP contribution in [0.1, 0.15) is 50.0 Å². The molecular formula is C23H30FN3O4. The average molecular weight is 432 g/mol. The SMILES string of the molecule is COc1c(N2C[C@@H](N)[C@@H](C(C)C)[C@@H](C)C2)c(F)cc2c(=O)c(C(=O)O)cn(C3CC3)c12. The number of nitrogens with zero attached hydrogens (tertiary/aromatic N) is 2. The minimum atomic E-state index is -1.32. The Morgan fingerprint density at radius 1 is 1.32 bits per heavy atom. The number of pyridine rings is 1. The van der Waals surface area contributed by atoms with Gasteiger partial charge in [-0.3, -0.25) is 4.79 Å². The molecule has 0 radical (unpaired) electrons. The lowest BCUT2D eigenvalue weighted by molar-refractivity contribution is 0.0694. The molecule has 1 saturated heterocycles. The first-order chi connectivity index (χ1) is 14.6. The number of carbonyl (C=O) groups is 1. The van der Waals surface area contributed by atoms with Gasteiger partial charge in [-0.15, -0.1) is 0 Å². The number of nitrogens with two attached hydrogens (primary N) is 1. The molecule has 7 nitrogen and oxygen atoms in total.